The molecule has 3 rings (SSSR count). The Morgan fingerprint density at radius 2 is 2.17 bits per heavy atom. The van der Waals surface area contributed by atoms with E-state index in [-0.39, 0.29) is 11.7 Å². The molecule has 1 N–H and O–H groups in total. The summed E-state index contributed by atoms with van der Waals surface area (Å²) in [5, 5.41) is 10.5. The number of esters is 1. The van der Waals surface area contributed by atoms with Crippen LogP contribution in [0.25, 0.3) is 0 Å². The van der Waals surface area contributed by atoms with E-state index in [1.54, 1.807) is 24.4 Å². The van der Waals surface area contributed by atoms with Crippen molar-refractivity contribution in [3.05, 3.63) is 39.8 Å². The third-order valence-electron chi connectivity index (χ3n) is 3.83. The zero-order chi connectivity index (χ0) is 16.4. The first-order valence-electron chi connectivity index (χ1n) is 7.28. The van der Waals surface area contributed by atoms with Crippen molar-refractivity contribution in [1.29, 1.82) is 0 Å². The van der Waals surface area contributed by atoms with Crippen molar-refractivity contribution in [2.75, 3.05) is 14.2 Å². The summed E-state index contributed by atoms with van der Waals surface area (Å²) in [6, 6.07) is 5.04. The van der Waals surface area contributed by atoms with Gasteiger partial charge < -0.3 is 14.6 Å². The minimum atomic E-state index is -0.339. The standard InChI is InChI=1S/C17H17NO4S/c1-21-13-7-6-10(8-12(13)19)9-18-16-15(17(20)22-2)11-4-3-5-14(11)23-16/h6-9,19H,3-5H2,1-2H3. The summed E-state index contributed by atoms with van der Waals surface area (Å²) in [4.78, 5) is 17.7. The molecule has 1 aliphatic rings. The average Bonchev–Trinajstić information content (AvgIpc) is 3.12. The van der Waals surface area contributed by atoms with Crippen LogP contribution >= 0.6 is 11.3 Å². The molecule has 0 saturated heterocycles. The number of methoxy groups -OCH3 is 2. The molecule has 0 unspecified atom stereocenters. The molecule has 23 heavy (non-hydrogen) atoms. The molecule has 0 fully saturated rings. The minimum absolute atomic E-state index is 0.0540. The first kappa shape index (κ1) is 15.6. The molecule has 1 aliphatic carbocycles. The number of carbonyl (C=O) groups excluding carboxylic acids is 1. The van der Waals surface area contributed by atoms with Crippen molar-refractivity contribution < 1.29 is 19.4 Å². The third-order valence-corrected chi connectivity index (χ3v) is 5.03. The largest absolute Gasteiger partial charge is 0.504 e. The first-order valence-corrected chi connectivity index (χ1v) is 8.09. The second kappa shape index (κ2) is 6.42. The molecule has 1 heterocycles. The van der Waals surface area contributed by atoms with Crippen LogP contribution in [0.3, 0.4) is 0 Å². The second-order valence-electron chi connectivity index (χ2n) is 5.22. The van der Waals surface area contributed by atoms with Crippen LogP contribution in [0.5, 0.6) is 11.5 Å². The first-order chi connectivity index (χ1) is 11.1. The number of ether oxygens (including phenoxy) is 2. The van der Waals surface area contributed by atoms with Gasteiger partial charge in [0, 0.05) is 11.1 Å². The lowest BCUT2D eigenvalue weighted by atomic mass is 10.1. The monoisotopic (exact) mass is 331 g/mol. The lowest BCUT2D eigenvalue weighted by Crippen LogP contribution is -2.03. The van der Waals surface area contributed by atoms with Gasteiger partial charge in [0.25, 0.3) is 0 Å². The normalized spacial score (nSPS) is 13.3. The molecule has 0 aliphatic heterocycles. The topological polar surface area (TPSA) is 68.1 Å². The number of fused-ring (bicyclic) bond motifs is 1. The number of aromatic hydroxyl groups is 1. The van der Waals surface area contributed by atoms with E-state index in [9.17, 15) is 9.90 Å². The zero-order valence-corrected chi connectivity index (χ0v) is 13.8. The van der Waals surface area contributed by atoms with Crippen molar-refractivity contribution in [1.82, 2.24) is 0 Å². The van der Waals surface area contributed by atoms with Gasteiger partial charge in [-0.15, -0.1) is 11.3 Å². The summed E-state index contributed by atoms with van der Waals surface area (Å²) in [5.74, 6) is 0.125. The van der Waals surface area contributed by atoms with Crippen LogP contribution in [-0.4, -0.2) is 31.5 Å². The highest BCUT2D eigenvalue weighted by atomic mass is 32.1. The molecule has 5 nitrogen and oxygen atoms in total. The average molecular weight is 331 g/mol. The lowest BCUT2D eigenvalue weighted by Gasteiger charge is -2.03. The number of hydrogen-bond acceptors (Lipinski definition) is 6. The SMILES string of the molecule is COC(=O)c1c(N=Cc2ccc(OC)c(O)c2)sc2c1CCC2. The summed E-state index contributed by atoms with van der Waals surface area (Å²) in [6.07, 6.45) is 4.59. The van der Waals surface area contributed by atoms with Gasteiger partial charge in [-0.2, -0.15) is 0 Å². The Morgan fingerprint density at radius 1 is 1.35 bits per heavy atom. The molecule has 6 heteroatoms. The van der Waals surface area contributed by atoms with Gasteiger partial charge in [-0.05, 0) is 48.6 Å². The van der Waals surface area contributed by atoms with E-state index in [0.29, 0.717) is 16.3 Å². The van der Waals surface area contributed by atoms with Gasteiger partial charge in [-0.3, -0.25) is 0 Å². The van der Waals surface area contributed by atoms with Crippen molar-refractivity contribution in [3.63, 3.8) is 0 Å². The Hall–Kier alpha value is -2.34. The van der Waals surface area contributed by atoms with Gasteiger partial charge in [0.15, 0.2) is 11.5 Å². The van der Waals surface area contributed by atoms with Crippen molar-refractivity contribution in [2.45, 2.75) is 19.3 Å². The van der Waals surface area contributed by atoms with E-state index in [1.165, 1.54) is 30.4 Å². The maximum atomic E-state index is 12.1. The Balaban J connectivity index is 1.94. The summed E-state index contributed by atoms with van der Waals surface area (Å²) in [5.41, 5.74) is 2.39. The number of rotatable bonds is 4. The molecule has 1 aromatic heterocycles. The molecular formula is C17H17NO4S. The number of aryl methyl sites for hydroxylation is 1. The molecule has 0 atom stereocenters. The fraction of sp³-hybridized carbons (Fsp3) is 0.294. The molecular weight excluding hydrogens is 314 g/mol. The number of thiophene rings is 1. The van der Waals surface area contributed by atoms with Gasteiger partial charge in [-0.1, -0.05) is 0 Å². The highest BCUT2D eigenvalue weighted by molar-refractivity contribution is 7.16. The Kier molecular flexibility index (Phi) is 4.34. The van der Waals surface area contributed by atoms with Crippen molar-refractivity contribution >= 4 is 28.5 Å². The van der Waals surface area contributed by atoms with Crippen LogP contribution in [0.2, 0.25) is 0 Å². The fourth-order valence-corrected chi connectivity index (χ4v) is 3.93. The molecule has 120 valence electrons. The van der Waals surface area contributed by atoms with E-state index < -0.39 is 0 Å². The highest BCUT2D eigenvalue weighted by Gasteiger charge is 2.26. The van der Waals surface area contributed by atoms with Gasteiger partial charge in [0.05, 0.1) is 19.8 Å². The van der Waals surface area contributed by atoms with E-state index in [2.05, 4.69) is 4.99 Å². The Labute approximate surface area is 138 Å². The molecule has 2 aromatic rings. The Bertz CT molecular complexity index is 779. The second-order valence-corrected chi connectivity index (χ2v) is 6.30. The molecule has 0 radical (unpaired) electrons. The van der Waals surface area contributed by atoms with Crippen LogP contribution in [0.4, 0.5) is 5.00 Å². The number of benzene rings is 1. The minimum Gasteiger partial charge on any atom is -0.504 e. The van der Waals surface area contributed by atoms with Crippen molar-refractivity contribution in [2.24, 2.45) is 4.99 Å². The number of nitrogens with zero attached hydrogens (tertiary/aromatic N) is 1. The molecule has 0 saturated carbocycles. The summed E-state index contributed by atoms with van der Waals surface area (Å²) >= 11 is 1.54. The summed E-state index contributed by atoms with van der Waals surface area (Å²) in [6.45, 7) is 0. The van der Waals surface area contributed by atoms with Crippen molar-refractivity contribution in [3.8, 4) is 11.5 Å². The number of hydrogen-bond donors (Lipinski definition) is 1. The van der Waals surface area contributed by atoms with E-state index >= 15 is 0 Å². The third kappa shape index (κ3) is 2.94. The Morgan fingerprint density at radius 3 is 2.87 bits per heavy atom. The maximum absolute atomic E-state index is 12.1. The van der Waals surface area contributed by atoms with Crippen LogP contribution in [0.15, 0.2) is 23.2 Å². The molecule has 0 bridgehead atoms. The predicted octanol–water partition coefficient (Wildman–Crippen LogP) is 3.49. The molecule has 0 spiro atoms. The van der Waals surface area contributed by atoms with Gasteiger partial charge in [-0.25, -0.2) is 9.79 Å². The van der Waals surface area contributed by atoms with E-state index in [0.717, 1.165) is 30.4 Å². The van der Waals surface area contributed by atoms with Crippen LogP contribution < -0.4 is 4.74 Å². The lowest BCUT2D eigenvalue weighted by molar-refractivity contribution is 0.0601. The smallest absolute Gasteiger partial charge is 0.341 e. The number of carbonyl (C=O) groups is 1. The van der Waals surface area contributed by atoms with Crippen LogP contribution in [0.1, 0.15) is 32.8 Å². The number of phenolic OH excluding ortho intramolecular Hbond substituents is 1. The number of phenols is 1. The molecule has 0 amide bonds. The zero-order valence-electron chi connectivity index (χ0n) is 13.0. The van der Waals surface area contributed by atoms with Crippen LogP contribution in [-0.2, 0) is 17.6 Å². The van der Waals surface area contributed by atoms with Gasteiger partial charge in [0.1, 0.15) is 5.00 Å². The number of aliphatic imine (C=N–C) groups is 1. The fourth-order valence-electron chi connectivity index (χ4n) is 2.71. The van der Waals surface area contributed by atoms with Gasteiger partial charge >= 0.3 is 5.97 Å². The summed E-state index contributed by atoms with van der Waals surface area (Å²) in [7, 11) is 2.88. The maximum Gasteiger partial charge on any atom is 0.341 e. The summed E-state index contributed by atoms with van der Waals surface area (Å²) < 4.78 is 9.91. The molecule has 1 aromatic carbocycles. The van der Waals surface area contributed by atoms with Crippen LogP contribution in [0, 0.1) is 0 Å². The van der Waals surface area contributed by atoms with Gasteiger partial charge in [0.2, 0.25) is 0 Å². The highest BCUT2D eigenvalue weighted by Crippen LogP contribution is 2.41. The quantitative estimate of drug-likeness (QED) is 0.688. The predicted molar refractivity (Wildman–Crippen MR) is 89.6 cm³/mol. The van der Waals surface area contributed by atoms with E-state index in [4.69, 9.17) is 9.47 Å². The van der Waals surface area contributed by atoms with E-state index in [1.807, 2.05) is 0 Å².